The minimum absolute atomic E-state index is 0.208. The smallest absolute Gasteiger partial charge is 0.196 e. The molecule has 1 aliphatic heterocycles. The van der Waals surface area contributed by atoms with Crippen LogP contribution in [0, 0.1) is 5.92 Å². The SMILES string of the molecule is C=CCCN=C1NC(Cl)N=C2C(c3ccccc3)=CCC12. The Balaban J connectivity index is 1.88. The van der Waals surface area contributed by atoms with Crippen LogP contribution in [0.25, 0.3) is 5.57 Å². The fraction of sp³-hybridized carbons (Fsp3) is 0.294. The van der Waals surface area contributed by atoms with Gasteiger partial charge in [0.25, 0.3) is 0 Å². The predicted octanol–water partition coefficient (Wildman–Crippen LogP) is 3.63. The summed E-state index contributed by atoms with van der Waals surface area (Å²) in [5.74, 6) is 1.16. The zero-order valence-corrected chi connectivity index (χ0v) is 12.6. The maximum absolute atomic E-state index is 6.22. The highest BCUT2D eigenvalue weighted by atomic mass is 35.5. The third-order valence-electron chi connectivity index (χ3n) is 3.71. The van der Waals surface area contributed by atoms with E-state index in [0.717, 1.165) is 30.9 Å². The summed E-state index contributed by atoms with van der Waals surface area (Å²) in [4.78, 5) is 9.21. The van der Waals surface area contributed by atoms with Gasteiger partial charge in [0.05, 0.1) is 11.6 Å². The highest BCUT2D eigenvalue weighted by molar-refractivity contribution is 6.35. The Kier molecular flexibility index (Phi) is 4.20. The van der Waals surface area contributed by atoms with Crippen LogP contribution in [0.1, 0.15) is 18.4 Å². The number of benzene rings is 1. The van der Waals surface area contributed by atoms with Crippen molar-refractivity contribution < 1.29 is 0 Å². The number of halogens is 1. The number of nitrogens with one attached hydrogen (secondary N) is 1. The summed E-state index contributed by atoms with van der Waals surface area (Å²) < 4.78 is 0. The number of fused-ring (bicyclic) bond motifs is 1. The summed E-state index contributed by atoms with van der Waals surface area (Å²) in [7, 11) is 0. The lowest BCUT2D eigenvalue weighted by Gasteiger charge is -2.26. The van der Waals surface area contributed by atoms with Crippen LogP contribution >= 0.6 is 11.6 Å². The first-order valence-electron chi connectivity index (χ1n) is 7.19. The monoisotopic (exact) mass is 299 g/mol. The number of allylic oxidation sites excluding steroid dienone is 2. The number of alkyl halides is 1. The molecule has 0 spiro atoms. The summed E-state index contributed by atoms with van der Waals surface area (Å²) >= 11 is 6.22. The molecule has 21 heavy (non-hydrogen) atoms. The molecule has 0 amide bonds. The minimum Gasteiger partial charge on any atom is -0.339 e. The fourth-order valence-electron chi connectivity index (χ4n) is 2.73. The Bertz CT molecular complexity index is 616. The lowest BCUT2D eigenvalue weighted by atomic mass is 9.96. The third-order valence-corrected chi connectivity index (χ3v) is 3.92. The highest BCUT2D eigenvalue weighted by Crippen LogP contribution is 2.33. The van der Waals surface area contributed by atoms with E-state index in [9.17, 15) is 0 Å². The van der Waals surface area contributed by atoms with Crippen molar-refractivity contribution in [3.8, 4) is 0 Å². The Morgan fingerprint density at radius 3 is 2.95 bits per heavy atom. The Morgan fingerprint density at radius 1 is 1.38 bits per heavy atom. The van der Waals surface area contributed by atoms with Gasteiger partial charge < -0.3 is 5.32 Å². The van der Waals surface area contributed by atoms with Crippen molar-refractivity contribution in [3.05, 3.63) is 54.6 Å². The Hall–Kier alpha value is -1.87. The maximum Gasteiger partial charge on any atom is 0.196 e. The summed E-state index contributed by atoms with van der Waals surface area (Å²) in [6.07, 6.45) is 5.91. The van der Waals surface area contributed by atoms with E-state index in [0.29, 0.717) is 0 Å². The number of hydrogen-bond donors (Lipinski definition) is 1. The van der Waals surface area contributed by atoms with E-state index in [1.165, 1.54) is 11.1 Å². The quantitative estimate of drug-likeness (QED) is 0.392. The molecule has 4 heteroatoms. The van der Waals surface area contributed by atoms with Crippen molar-refractivity contribution in [3.63, 3.8) is 0 Å². The van der Waals surface area contributed by atoms with Crippen LogP contribution in [0.15, 0.2) is 59.0 Å². The van der Waals surface area contributed by atoms with Crippen LogP contribution in [0.4, 0.5) is 0 Å². The molecule has 0 saturated carbocycles. The molecule has 1 heterocycles. The van der Waals surface area contributed by atoms with Gasteiger partial charge in [-0.1, -0.05) is 54.1 Å². The van der Waals surface area contributed by atoms with Crippen molar-refractivity contribution in [2.45, 2.75) is 18.5 Å². The molecule has 2 aliphatic rings. The van der Waals surface area contributed by atoms with Crippen LogP contribution in [0.3, 0.4) is 0 Å². The van der Waals surface area contributed by atoms with Gasteiger partial charge in [0.1, 0.15) is 5.84 Å². The molecule has 3 rings (SSSR count). The summed E-state index contributed by atoms with van der Waals surface area (Å²) in [6.45, 7) is 4.46. The lowest BCUT2D eigenvalue weighted by molar-refractivity contribution is 0.742. The Labute approximate surface area is 130 Å². The van der Waals surface area contributed by atoms with Gasteiger partial charge in [0.15, 0.2) is 5.62 Å². The molecule has 1 aromatic rings. The molecule has 3 nitrogen and oxygen atoms in total. The number of aliphatic imine (C=N–C) groups is 2. The van der Waals surface area contributed by atoms with Gasteiger partial charge >= 0.3 is 0 Å². The van der Waals surface area contributed by atoms with E-state index in [4.69, 9.17) is 11.6 Å². The standard InChI is InChI=1S/C17H18ClN3/c1-2-3-11-19-16-14-10-9-13(12-7-5-4-6-8-12)15(14)20-17(18)21-16/h2,4-9,14,17H,1,3,10-11H2,(H,19,21). The molecule has 1 N–H and O–H groups in total. The van der Waals surface area contributed by atoms with E-state index in [1.807, 2.05) is 24.3 Å². The average Bonchev–Trinajstić information content (AvgIpc) is 2.92. The second-order valence-electron chi connectivity index (χ2n) is 5.11. The number of hydrogen-bond acceptors (Lipinski definition) is 2. The number of nitrogens with zero attached hydrogens (tertiary/aromatic N) is 2. The topological polar surface area (TPSA) is 36.8 Å². The lowest BCUT2D eigenvalue weighted by Crippen LogP contribution is -2.43. The van der Waals surface area contributed by atoms with Crippen molar-refractivity contribution in [2.24, 2.45) is 15.9 Å². The molecule has 108 valence electrons. The summed E-state index contributed by atoms with van der Waals surface area (Å²) in [6, 6.07) is 10.3. The van der Waals surface area contributed by atoms with E-state index in [2.05, 4.69) is 40.1 Å². The molecule has 1 aromatic carbocycles. The van der Waals surface area contributed by atoms with E-state index in [-0.39, 0.29) is 5.92 Å². The maximum atomic E-state index is 6.22. The molecule has 0 fully saturated rings. The van der Waals surface area contributed by atoms with Gasteiger partial charge in [0.2, 0.25) is 0 Å². The molecule has 0 bridgehead atoms. The first-order chi connectivity index (χ1) is 10.3. The van der Waals surface area contributed by atoms with Crippen molar-refractivity contribution in [1.29, 1.82) is 0 Å². The zero-order chi connectivity index (χ0) is 14.7. The summed E-state index contributed by atoms with van der Waals surface area (Å²) in [5.41, 5.74) is 2.99. The molecule has 0 saturated heterocycles. The minimum atomic E-state index is -0.441. The van der Waals surface area contributed by atoms with Crippen LogP contribution in [0.2, 0.25) is 0 Å². The van der Waals surface area contributed by atoms with Gasteiger partial charge in [-0.3, -0.25) is 4.99 Å². The van der Waals surface area contributed by atoms with Crippen LogP contribution in [-0.2, 0) is 0 Å². The van der Waals surface area contributed by atoms with Crippen molar-refractivity contribution in [2.75, 3.05) is 6.54 Å². The van der Waals surface area contributed by atoms with Gasteiger partial charge in [-0.05, 0) is 24.0 Å². The third kappa shape index (κ3) is 2.93. The van der Waals surface area contributed by atoms with E-state index in [1.54, 1.807) is 0 Å². The second-order valence-corrected chi connectivity index (χ2v) is 5.52. The predicted molar refractivity (Wildman–Crippen MR) is 89.9 cm³/mol. The Morgan fingerprint density at radius 2 is 2.19 bits per heavy atom. The van der Waals surface area contributed by atoms with Gasteiger partial charge in [0, 0.05) is 6.54 Å². The molecule has 1 aliphatic carbocycles. The molecular formula is C17H18ClN3. The van der Waals surface area contributed by atoms with Crippen LogP contribution < -0.4 is 5.32 Å². The highest BCUT2D eigenvalue weighted by Gasteiger charge is 2.34. The first kappa shape index (κ1) is 14.1. The van der Waals surface area contributed by atoms with Gasteiger partial charge in [-0.2, -0.15) is 0 Å². The number of rotatable bonds is 4. The largest absolute Gasteiger partial charge is 0.339 e. The van der Waals surface area contributed by atoms with E-state index < -0.39 is 5.62 Å². The van der Waals surface area contributed by atoms with Crippen LogP contribution in [-0.4, -0.2) is 23.7 Å². The molecule has 2 atom stereocenters. The molecular weight excluding hydrogens is 282 g/mol. The fourth-order valence-corrected chi connectivity index (χ4v) is 2.95. The van der Waals surface area contributed by atoms with Crippen LogP contribution in [0.5, 0.6) is 0 Å². The molecule has 0 aromatic heterocycles. The summed E-state index contributed by atoms with van der Waals surface area (Å²) in [5, 5.41) is 3.18. The number of amidine groups is 1. The normalized spacial score (nSPS) is 25.9. The molecule has 0 radical (unpaired) electrons. The van der Waals surface area contributed by atoms with Gasteiger partial charge in [-0.25, -0.2) is 4.99 Å². The van der Waals surface area contributed by atoms with Crippen molar-refractivity contribution >= 4 is 28.7 Å². The second kappa shape index (κ2) is 6.27. The average molecular weight is 300 g/mol. The van der Waals surface area contributed by atoms with Gasteiger partial charge in [-0.15, -0.1) is 6.58 Å². The van der Waals surface area contributed by atoms with Crippen molar-refractivity contribution in [1.82, 2.24) is 5.32 Å². The first-order valence-corrected chi connectivity index (χ1v) is 7.62. The molecule has 2 unspecified atom stereocenters. The van der Waals surface area contributed by atoms with E-state index >= 15 is 0 Å². The zero-order valence-electron chi connectivity index (χ0n) is 11.8.